The molecule has 10 heteroatoms. The molecule has 0 aliphatic carbocycles. The number of hydrogen-bond donors (Lipinski definition) is 4. The minimum absolute atomic E-state index is 0. The van der Waals surface area contributed by atoms with Crippen LogP contribution in [0.25, 0.3) is 0 Å². The van der Waals surface area contributed by atoms with Crippen molar-refractivity contribution in [2.75, 3.05) is 5.75 Å². The van der Waals surface area contributed by atoms with Gasteiger partial charge in [-0.3, -0.25) is 14.5 Å². The lowest BCUT2D eigenvalue weighted by atomic mass is 10.0. The summed E-state index contributed by atoms with van der Waals surface area (Å²) in [5, 5.41) is 20.7. The van der Waals surface area contributed by atoms with Crippen LogP contribution in [0.2, 0.25) is 0 Å². The molecule has 3 atom stereocenters. The standard InChI is InChI=1S/C16H17N3O5S.H2O/c1-7-6-25-15-11(14(22)19(15)12(7)16(23)24)18-13(21)10(17)8-2-4-9(20)5-3-8;/h2-5,10-11,15,20H,6,17H2,1H3,(H,18,21)(H,23,24);1H2/t10-,11-,15?;/m1./s1. The van der Waals surface area contributed by atoms with E-state index in [9.17, 15) is 24.6 Å². The zero-order chi connectivity index (χ0) is 18.3. The fourth-order valence-corrected chi connectivity index (χ4v) is 4.14. The number of β-lactam (4-membered cyclic amide) rings is 1. The highest BCUT2D eigenvalue weighted by Gasteiger charge is 2.53. The van der Waals surface area contributed by atoms with Crippen LogP contribution in [0.4, 0.5) is 0 Å². The predicted molar refractivity (Wildman–Crippen MR) is 94.0 cm³/mol. The summed E-state index contributed by atoms with van der Waals surface area (Å²) in [6, 6.07) is 4.09. The van der Waals surface area contributed by atoms with Gasteiger partial charge in [-0.1, -0.05) is 12.1 Å². The molecule has 0 radical (unpaired) electrons. The molecule has 3 rings (SSSR count). The molecule has 2 heterocycles. The number of nitrogens with zero attached hydrogens (tertiary/aromatic N) is 1. The minimum atomic E-state index is -1.15. The third-order valence-corrected chi connectivity index (χ3v) is 5.62. The Kier molecular flexibility index (Phi) is 5.59. The first-order valence-electron chi connectivity index (χ1n) is 7.54. The predicted octanol–water partition coefficient (Wildman–Crippen LogP) is -0.674. The molecule has 2 aliphatic heterocycles. The zero-order valence-corrected chi connectivity index (χ0v) is 14.6. The molecule has 9 nitrogen and oxygen atoms in total. The molecule has 1 aromatic rings. The molecule has 7 N–H and O–H groups in total. The van der Waals surface area contributed by atoms with Crippen LogP contribution in [0.1, 0.15) is 18.5 Å². The number of rotatable bonds is 4. The summed E-state index contributed by atoms with van der Waals surface area (Å²) in [4.78, 5) is 37.2. The molecule has 1 fully saturated rings. The molecule has 1 saturated heterocycles. The number of carboxylic acid groups (broad SMARTS) is 1. The lowest BCUT2D eigenvalue weighted by Crippen LogP contribution is -2.71. The van der Waals surface area contributed by atoms with Crippen LogP contribution in [-0.2, 0) is 14.4 Å². The fourth-order valence-electron chi connectivity index (χ4n) is 2.85. The average Bonchev–Trinajstić information content (AvgIpc) is 2.58. The number of aromatic hydroxyl groups is 1. The van der Waals surface area contributed by atoms with Crippen molar-refractivity contribution in [3.05, 3.63) is 41.1 Å². The maximum Gasteiger partial charge on any atom is 0.352 e. The molecule has 0 aromatic heterocycles. The number of carbonyl (C=O) groups excluding carboxylic acids is 2. The van der Waals surface area contributed by atoms with E-state index in [0.29, 0.717) is 16.9 Å². The van der Waals surface area contributed by atoms with E-state index in [-0.39, 0.29) is 16.9 Å². The van der Waals surface area contributed by atoms with Gasteiger partial charge >= 0.3 is 5.97 Å². The first kappa shape index (κ1) is 19.8. The maximum atomic E-state index is 12.3. The summed E-state index contributed by atoms with van der Waals surface area (Å²) in [5.74, 6) is -1.61. The summed E-state index contributed by atoms with van der Waals surface area (Å²) in [5.41, 5.74) is 7.00. The van der Waals surface area contributed by atoms with Crippen LogP contribution >= 0.6 is 11.8 Å². The minimum Gasteiger partial charge on any atom is -0.508 e. The van der Waals surface area contributed by atoms with Crippen LogP contribution in [0.3, 0.4) is 0 Å². The SMILES string of the molecule is CC1=C(C(=O)O)N2C(=O)[C@@H](NC(=O)[C@H](N)c3ccc(O)cc3)C2SC1.O. The van der Waals surface area contributed by atoms with Gasteiger partial charge in [0, 0.05) is 5.75 Å². The van der Waals surface area contributed by atoms with Gasteiger partial charge < -0.3 is 26.7 Å². The maximum absolute atomic E-state index is 12.3. The van der Waals surface area contributed by atoms with Gasteiger partial charge in [-0.25, -0.2) is 4.79 Å². The highest BCUT2D eigenvalue weighted by atomic mass is 32.2. The third kappa shape index (κ3) is 3.26. The van der Waals surface area contributed by atoms with Crippen LogP contribution in [0.5, 0.6) is 5.75 Å². The van der Waals surface area contributed by atoms with Crippen LogP contribution in [-0.4, -0.2) is 55.5 Å². The van der Waals surface area contributed by atoms with Gasteiger partial charge in [0.15, 0.2) is 0 Å². The van der Waals surface area contributed by atoms with Gasteiger partial charge in [0.2, 0.25) is 5.91 Å². The zero-order valence-electron chi connectivity index (χ0n) is 13.8. The van der Waals surface area contributed by atoms with Crippen molar-refractivity contribution < 1.29 is 30.1 Å². The van der Waals surface area contributed by atoms with Crippen LogP contribution in [0, 0.1) is 0 Å². The molecule has 0 bridgehead atoms. The lowest BCUT2D eigenvalue weighted by Gasteiger charge is -2.49. The number of aliphatic carboxylic acids is 1. The van der Waals surface area contributed by atoms with Crippen LogP contribution in [0.15, 0.2) is 35.5 Å². The van der Waals surface area contributed by atoms with Crippen molar-refractivity contribution in [3.63, 3.8) is 0 Å². The smallest absolute Gasteiger partial charge is 0.352 e. The van der Waals surface area contributed by atoms with E-state index in [0.717, 1.165) is 0 Å². The summed E-state index contributed by atoms with van der Waals surface area (Å²) in [6.07, 6.45) is 0. The van der Waals surface area contributed by atoms with E-state index in [2.05, 4.69) is 5.32 Å². The van der Waals surface area contributed by atoms with Gasteiger partial charge in [-0.05, 0) is 30.2 Å². The Labute approximate surface area is 153 Å². The normalized spacial score (nSPS) is 22.7. The van der Waals surface area contributed by atoms with Crippen molar-refractivity contribution in [2.24, 2.45) is 5.73 Å². The van der Waals surface area contributed by atoms with Gasteiger partial charge in [0.25, 0.3) is 5.91 Å². The highest BCUT2D eigenvalue weighted by molar-refractivity contribution is 8.00. The van der Waals surface area contributed by atoms with Gasteiger partial charge in [0.1, 0.15) is 28.9 Å². The summed E-state index contributed by atoms with van der Waals surface area (Å²) in [7, 11) is 0. The molecule has 0 saturated carbocycles. The fraction of sp³-hybridized carbons (Fsp3) is 0.312. The lowest BCUT2D eigenvalue weighted by molar-refractivity contribution is -0.150. The number of phenolic OH excluding ortho intramolecular Hbond substituents is 1. The number of carbonyl (C=O) groups is 3. The van der Waals surface area contributed by atoms with Crippen molar-refractivity contribution >= 4 is 29.5 Å². The Bertz CT molecular complexity index is 779. The first-order chi connectivity index (χ1) is 11.8. The first-order valence-corrected chi connectivity index (χ1v) is 8.58. The van der Waals surface area contributed by atoms with Gasteiger partial charge in [-0.2, -0.15) is 0 Å². The summed E-state index contributed by atoms with van der Waals surface area (Å²) < 4.78 is 0. The number of hydrogen-bond acceptors (Lipinski definition) is 6. The number of benzene rings is 1. The molecule has 1 unspecified atom stereocenters. The van der Waals surface area contributed by atoms with Crippen molar-refractivity contribution in [1.29, 1.82) is 0 Å². The van der Waals surface area contributed by atoms with E-state index >= 15 is 0 Å². The topological polar surface area (TPSA) is 164 Å². The molecule has 2 aliphatic rings. The number of nitrogens with one attached hydrogen (secondary N) is 1. The molecular formula is C16H19N3O6S. The molecule has 2 amide bonds. The van der Waals surface area contributed by atoms with Gasteiger partial charge in [-0.15, -0.1) is 11.8 Å². The number of thioether (sulfide) groups is 1. The second-order valence-electron chi connectivity index (χ2n) is 5.90. The Morgan fingerprint density at radius 3 is 2.54 bits per heavy atom. The third-order valence-electron chi connectivity index (χ3n) is 4.19. The number of fused-ring (bicyclic) bond motifs is 1. The summed E-state index contributed by atoms with van der Waals surface area (Å²) >= 11 is 1.40. The van der Waals surface area contributed by atoms with E-state index < -0.39 is 35.2 Å². The van der Waals surface area contributed by atoms with Crippen molar-refractivity contribution in [1.82, 2.24) is 10.2 Å². The van der Waals surface area contributed by atoms with Crippen molar-refractivity contribution in [2.45, 2.75) is 24.4 Å². The Balaban J connectivity index is 0.00000243. The van der Waals surface area contributed by atoms with E-state index in [1.807, 2.05) is 0 Å². The second-order valence-corrected chi connectivity index (χ2v) is 7.00. The Morgan fingerprint density at radius 2 is 1.96 bits per heavy atom. The molecule has 1 aromatic carbocycles. The monoisotopic (exact) mass is 381 g/mol. The molecule has 0 spiro atoms. The molecule has 26 heavy (non-hydrogen) atoms. The van der Waals surface area contributed by atoms with Crippen LogP contribution < -0.4 is 11.1 Å². The Morgan fingerprint density at radius 1 is 1.35 bits per heavy atom. The molecular weight excluding hydrogens is 362 g/mol. The number of phenols is 1. The Hall–Kier alpha value is -2.56. The molecule has 140 valence electrons. The number of carboxylic acids is 1. The summed E-state index contributed by atoms with van der Waals surface area (Å²) in [6.45, 7) is 1.67. The quantitative estimate of drug-likeness (QED) is 0.502. The highest BCUT2D eigenvalue weighted by Crippen LogP contribution is 2.40. The van der Waals surface area contributed by atoms with E-state index in [1.165, 1.54) is 40.9 Å². The van der Waals surface area contributed by atoms with Gasteiger partial charge in [0.05, 0.1) is 0 Å². The number of amides is 2. The number of nitrogens with two attached hydrogens (primary N) is 1. The van der Waals surface area contributed by atoms with Crippen molar-refractivity contribution in [3.8, 4) is 5.75 Å². The van der Waals surface area contributed by atoms with E-state index in [4.69, 9.17) is 5.73 Å². The van der Waals surface area contributed by atoms with E-state index in [1.54, 1.807) is 6.92 Å². The largest absolute Gasteiger partial charge is 0.508 e. The second kappa shape index (κ2) is 7.36. The average molecular weight is 381 g/mol.